The molecule has 0 amide bonds. The third-order valence-electron chi connectivity index (χ3n) is 11.8. The molecule has 0 radical (unpaired) electrons. The van der Waals surface area contributed by atoms with Crippen LogP contribution in [0.3, 0.4) is 0 Å². The van der Waals surface area contributed by atoms with Crippen molar-refractivity contribution >= 4 is 103 Å². The van der Waals surface area contributed by atoms with Crippen molar-refractivity contribution in [2.24, 2.45) is 0 Å². The first-order valence-electron chi connectivity index (χ1n) is 19.5. The molecule has 10 aromatic carbocycles. The summed E-state index contributed by atoms with van der Waals surface area (Å²) in [4.78, 5) is 2.45. The fraction of sp³-hybridized carbons (Fsp3) is 0. The van der Waals surface area contributed by atoms with Crippen molar-refractivity contribution in [3.05, 3.63) is 206 Å². The molecule has 2 heterocycles. The highest BCUT2D eigenvalue weighted by molar-refractivity contribution is 7.25. The van der Waals surface area contributed by atoms with E-state index in [4.69, 9.17) is 0 Å². The van der Waals surface area contributed by atoms with Crippen molar-refractivity contribution in [2.45, 2.75) is 0 Å². The lowest BCUT2D eigenvalue weighted by molar-refractivity contribution is 1.18. The number of aromatic nitrogens is 1. The largest absolute Gasteiger partial charge is 0.310 e. The predicted octanol–water partition coefficient (Wildman–Crippen LogP) is 15.7. The maximum absolute atomic E-state index is 2.45. The van der Waals surface area contributed by atoms with Gasteiger partial charge in [0.1, 0.15) is 0 Å². The van der Waals surface area contributed by atoms with Crippen LogP contribution in [0.2, 0.25) is 0 Å². The molecule has 2 aromatic heterocycles. The van der Waals surface area contributed by atoms with Crippen LogP contribution in [-0.4, -0.2) is 4.57 Å². The number of rotatable bonds is 5. The minimum absolute atomic E-state index is 1.10. The summed E-state index contributed by atoms with van der Waals surface area (Å²) in [7, 11) is 0. The number of nitrogens with zero attached hydrogens (tertiary/aromatic N) is 2. The average Bonchev–Trinajstić information content (AvgIpc) is 3.82. The number of benzene rings is 10. The molecule has 0 bridgehead atoms. The minimum Gasteiger partial charge on any atom is -0.310 e. The Hall–Kier alpha value is -7.20. The molecule has 0 fully saturated rings. The number of fused-ring (bicyclic) bond motifs is 10. The monoisotopic (exact) mass is 742 g/mol. The lowest BCUT2D eigenvalue weighted by atomic mass is 9.93. The van der Waals surface area contributed by atoms with Crippen LogP contribution >= 0.6 is 11.3 Å². The van der Waals surface area contributed by atoms with E-state index in [1.54, 1.807) is 0 Å². The molecule has 12 rings (SSSR count). The van der Waals surface area contributed by atoms with E-state index in [0.717, 1.165) is 22.7 Å². The van der Waals surface area contributed by atoms with Gasteiger partial charge >= 0.3 is 0 Å². The van der Waals surface area contributed by atoms with Crippen LogP contribution in [0.1, 0.15) is 0 Å². The second kappa shape index (κ2) is 12.7. The Labute approximate surface area is 333 Å². The van der Waals surface area contributed by atoms with E-state index in [0.29, 0.717) is 0 Å². The molecule has 0 atom stereocenters. The van der Waals surface area contributed by atoms with Crippen LogP contribution in [-0.2, 0) is 0 Å². The molecule has 0 unspecified atom stereocenters. The van der Waals surface area contributed by atoms with E-state index >= 15 is 0 Å². The van der Waals surface area contributed by atoms with Gasteiger partial charge in [-0.15, -0.1) is 11.3 Å². The highest BCUT2D eigenvalue weighted by Crippen LogP contribution is 2.46. The third kappa shape index (κ3) is 4.96. The van der Waals surface area contributed by atoms with Gasteiger partial charge in [0.05, 0.1) is 16.7 Å². The van der Waals surface area contributed by atoms with E-state index in [9.17, 15) is 0 Å². The Morgan fingerprint density at radius 1 is 0.351 bits per heavy atom. The van der Waals surface area contributed by atoms with E-state index in [-0.39, 0.29) is 0 Å². The van der Waals surface area contributed by atoms with Gasteiger partial charge in [-0.05, 0) is 105 Å². The van der Waals surface area contributed by atoms with Crippen LogP contribution < -0.4 is 4.90 Å². The summed E-state index contributed by atoms with van der Waals surface area (Å²) in [5, 5.41) is 12.6. The topological polar surface area (TPSA) is 8.17 Å². The molecular weight excluding hydrogens is 709 g/mol. The summed E-state index contributed by atoms with van der Waals surface area (Å²) in [5.74, 6) is 0. The van der Waals surface area contributed by atoms with Crippen LogP contribution in [0.15, 0.2) is 206 Å². The number of hydrogen-bond donors (Lipinski definition) is 0. The molecule has 12 aromatic rings. The van der Waals surface area contributed by atoms with Gasteiger partial charge in [-0.1, -0.05) is 140 Å². The van der Waals surface area contributed by atoms with Gasteiger partial charge in [-0.2, -0.15) is 0 Å². The van der Waals surface area contributed by atoms with Crippen molar-refractivity contribution in [1.82, 2.24) is 4.57 Å². The molecule has 0 spiro atoms. The molecular formula is C54H34N2S. The van der Waals surface area contributed by atoms with Crippen LogP contribution in [0.4, 0.5) is 17.1 Å². The molecule has 0 N–H and O–H groups in total. The number of thiophene rings is 1. The molecule has 3 heteroatoms. The Bertz CT molecular complexity index is 3530. The van der Waals surface area contributed by atoms with Crippen LogP contribution in [0.25, 0.3) is 91.1 Å². The summed E-state index contributed by atoms with van der Waals surface area (Å²) >= 11 is 1.86. The quantitative estimate of drug-likeness (QED) is 0.170. The van der Waals surface area contributed by atoms with Crippen LogP contribution in [0, 0.1) is 0 Å². The maximum atomic E-state index is 2.45. The summed E-state index contributed by atoms with van der Waals surface area (Å²) in [6.07, 6.45) is 0. The second-order valence-electron chi connectivity index (χ2n) is 14.9. The maximum Gasteiger partial charge on any atom is 0.0547 e. The Balaban J connectivity index is 1.08. The van der Waals surface area contributed by atoms with Gasteiger partial charge in [-0.25, -0.2) is 0 Å². The molecule has 0 aliphatic heterocycles. The zero-order valence-corrected chi connectivity index (χ0v) is 31.7. The fourth-order valence-electron chi connectivity index (χ4n) is 9.22. The Morgan fingerprint density at radius 2 is 0.965 bits per heavy atom. The molecule has 57 heavy (non-hydrogen) atoms. The number of para-hydroxylation sites is 1. The fourth-order valence-corrected chi connectivity index (χ4v) is 10.3. The van der Waals surface area contributed by atoms with Crippen molar-refractivity contribution < 1.29 is 0 Å². The van der Waals surface area contributed by atoms with Gasteiger partial charge in [0, 0.05) is 53.4 Å². The SMILES string of the molecule is c1ccc2c(-c3ccc(N(c4ccc(-n5c6ccccc6c6c7ccccc7ccc65)cc4)c4ccc5sc6ccccc6c5c4)c4ccccc34)cccc2c1. The Morgan fingerprint density at radius 3 is 1.81 bits per heavy atom. The molecule has 266 valence electrons. The van der Waals surface area contributed by atoms with Crippen molar-refractivity contribution in [2.75, 3.05) is 4.90 Å². The summed E-state index contributed by atoms with van der Waals surface area (Å²) < 4.78 is 5.03. The first-order chi connectivity index (χ1) is 28.3. The summed E-state index contributed by atoms with van der Waals surface area (Å²) in [5.41, 5.74) is 9.41. The van der Waals surface area contributed by atoms with Gasteiger partial charge in [0.2, 0.25) is 0 Å². The predicted molar refractivity (Wildman–Crippen MR) is 246 cm³/mol. The lowest BCUT2D eigenvalue weighted by Crippen LogP contribution is -2.11. The number of hydrogen-bond acceptors (Lipinski definition) is 2. The summed E-state index contributed by atoms with van der Waals surface area (Å²) in [6, 6.07) is 75.8. The van der Waals surface area contributed by atoms with Crippen molar-refractivity contribution in [3.8, 4) is 16.8 Å². The van der Waals surface area contributed by atoms with Crippen molar-refractivity contribution in [3.63, 3.8) is 0 Å². The van der Waals surface area contributed by atoms with Crippen molar-refractivity contribution in [1.29, 1.82) is 0 Å². The number of anilines is 3. The highest BCUT2D eigenvalue weighted by atomic mass is 32.1. The zero-order chi connectivity index (χ0) is 37.5. The second-order valence-corrected chi connectivity index (χ2v) is 16.0. The lowest BCUT2D eigenvalue weighted by Gasteiger charge is -2.28. The van der Waals surface area contributed by atoms with Gasteiger partial charge in [-0.3, -0.25) is 0 Å². The Kier molecular flexibility index (Phi) is 7.13. The highest BCUT2D eigenvalue weighted by Gasteiger charge is 2.20. The zero-order valence-electron chi connectivity index (χ0n) is 30.9. The first kappa shape index (κ1) is 32.1. The first-order valence-corrected chi connectivity index (χ1v) is 20.3. The standard InChI is InChI=1S/C54H34N2S/c1-3-15-40-35(12-1)14-11-21-42(40)44-30-32-50(45-18-6-5-17-43(44)45)55(39-29-33-53-48(34-39)46-19-8-10-23-52(46)57-53)37-25-27-38(28-26-37)56-49-22-9-7-20-47(49)54-41-16-4-2-13-36(41)24-31-51(54)56/h1-34H. The molecule has 0 aliphatic carbocycles. The van der Waals surface area contributed by atoms with E-state index in [1.807, 2.05) is 11.3 Å². The van der Waals surface area contributed by atoms with Crippen LogP contribution in [0.5, 0.6) is 0 Å². The van der Waals surface area contributed by atoms with E-state index in [1.165, 1.54) is 85.4 Å². The van der Waals surface area contributed by atoms with E-state index in [2.05, 4.69) is 216 Å². The van der Waals surface area contributed by atoms with Gasteiger partial charge in [0.15, 0.2) is 0 Å². The minimum atomic E-state index is 1.10. The molecule has 0 aliphatic rings. The average molecular weight is 743 g/mol. The van der Waals surface area contributed by atoms with Gasteiger partial charge in [0.25, 0.3) is 0 Å². The normalized spacial score (nSPS) is 11.9. The smallest absolute Gasteiger partial charge is 0.0547 e. The molecule has 0 saturated carbocycles. The molecule has 2 nitrogen and oxygen atoms in total. The third-order valence-corrected chi connectivity index (χ3v) is 12.9. The molecule has 0 saturated heterocycles. The van der Waals surface area contributed by atoms with E-state index < -0.39 is 0 Å². The van der Waals surface area contributed by atoms with Gasteiger partial charge < -0.3 is 9.47 Å². The summed E-state index contributed by atoms with van der Waals surface area (Å²) in [6.45, 7) is 0.